The van der Waals surface area contributed by atoms with Gasteiger partial charge < -0.3 is 10.8 Å². The maximum absolute atomic E-state index is 12.3. The molecule has 0 bridgehead atoms. The Balaban J connectivity index is 2.76. The van der Waals surface area contributed by atoms with Crippen LogP contribution in [0.1, 0.15) is 44.4 Å². The molecule has 0 fully saturated rings. The van der Waals surface area contributed by atoms with E-state index < -0.39 is 24.7 Å². The van der Waals surface area contributed by atoms with Crippen molar-refractivity contribution in [2.45, 2.75) is 50.9 Å². The van der Waals surface area contributed by atoms with Gasteiger partial charge in [0.05, 0.1) is 6.10 Å². The largest absolute Gasteiger partial charge is 0.403 e. The highest BCUT2D eigenvalue weighted by molar-refractivity contribution is 5.28. The van der Waals surface area contributed by atoms with Gasteiger partial charge in [-0.2, -0.15) is 13.2 Å². The molecule has 1 aromatic carbocycles. The van der Waals surface area contributed by atoms with Gasteiger partial charge in [-0.15, -0.1) is 0 Å². The van der Waals surface area contributed by atoms with Crippen molar-refractivity contribution in [2.24, 2.45) is 5.73 Å². The number of hydrogen-bond acceptors (Lipinski definition) is 2. The lowest BCUT2D eigenvalue weighted by atomic mass is 9.86. The van der Waals surface area contributed by atoms with Crippen molar-refractivity contribution < 1.29 is 18.3 Å². The van der Waals surface area contributed by atoms with Crippen LogP contribution < -0.4 is 5.73 Å². The van der Waals surface area contributed by atoms with E-state index in [0.717, 1.165) is 5.56 Å². The molecule has 2 nitrogen and oxygen atoms in total. The summed E-state index contributed by atoms with van der Waals surface area (Å²) in [6.45, 7) is 6.12. The summed E-state index contributed by atoms with van der Waals surface area (Å²) in [6.07, 6.45) is -6.21. The zero-order chi connectivity index (χ0) is 14.8. The standard InChI is InChI=1S/C14H20F3NO/c1-13(2,3)10-6-4-9(5-7-10)11(19)8-12(18)14(15,16)17/h4-7,11-12,19H,8,18H2,1-3H3/t11-,12-/m0/s1. The van der Waals surface area contributed by atoms with Crippen molar-refractivity contribution in [3.05, 3.63) is 35.4 Å². The molecule has 0 spiro atoms. The first-order valence-electron chi connectivity index (χ1n) is 6.12. The van der Waals surface area contributed by atoms with Gasteiger partial charge in [0.15, 0.2) is 0 Å². The first-order chi connectivity index (χ1) is 8.51. The number of nitrogens with two attached hydrogens (primary N) is 1. The second-order valence-corrected chi connectivity index (χ2v) is 5.77. The zero-order valence-electron chi connectivity index (χ0n) is 11.3. The predicted molar refractivity (Wildman–Crippen MR) is 68.7 cm³/mol. The van der Waals surface area contributed by atoms with E-state index >= 15 is 0 Å². The lowest BCUT2D eigenvalue weighted by molar-refractivity contribution is -0.153. The number of alkyl halides is 3. The number of aliphatic hydroxyl groups is 1. The van der Waals surface area contributed by atoms with Gasteiger partial charge in [0.2, 0.25) is 0 Å². The molecule has 0 aliphatic rings. The summed E-state index contributed by atoms with van der Waals surface area (Å²) in [6, 6.07) is 4.92. The molecule has 1 rings (SSSR count). The van der Waals surface area contributed by atoms with Crippen LogP contribution in [0.5, 0.6) is 0 Å². The molecule has 108 valence electrons. The summed E-state index contributed by atoms with van der Waals surface area (Å²) in [7, 11) is 0. The summed E-state index contributed by atoms with van der Waals surface area (Å²) in [5.74, 6) is 0. The van der Waals surface area contributed by atoms with Crippen LogP contribution in [0.25, 0.3) is 0 Å². The molecule has 0 unspecified atom stereocenters. The minimum atomic E-state index is -4.48. The van der Waals surface area contributed by atoms with Gasteiger partial charge in [-0.1, -0.05) is 45.0 Å². The highest BCUT2D eigenvalue weighted by Crippen LogP contribution is 2.28. The fourth-order valence-electron chi connectivity index (χ4n) is 1.72. The minimum absolute atomic E-state index is 0.0359. The second kappa shape index (κ2) is 5.51. The first-order valence-corrected chi connectivity index (χ1v) is 6.12. The van der Waals surface area contributed by atoms with Gasteiger partial charge in [0.1, 0.15) is 6.04 Å². The molecule has 3 N–H and O–H groups in total. The van der Waals surface area contributed by atoms with E-state index in [1.807, 2.05) is 32.9 Å². The molecule has 0 aromatic heterocycles. The van der Waals surface area contributed by atoms with Crippen molar-refractivity contribution in [1.82, 2.24) is 0 Å². The molecule has 5 heteroatoms. The van der Waals surface area contributed by atoms with Gasteiger partial charge in [-0.3, -0.25) is 0 Å². The summed E-state index contributed by atoms with van der Waals surface area (Å²) >= 11 is 0. The number of benzene rings is 1. The van der Waals surface area contributed by atoms with Crippen molar-refractivity contribution >= 4 is 0 Å². The van der Waals surface area contributed by atoms with E-state index in [1.165, 1.54) is 0 Å². The first kappa shape index (κ1) is 16.0. The van der Waals surface area contributed by atoms with Crippen LogP contribution >= 0.6 is 0 Å². The lowest BCUT2D eigenvalue weighted by Crippen LogP contribution is -2.38. The molecule has 0 aliphatic heterocycles. The number of rotatable bonds is 3. The van der Waals surface area contributed by atoms with Gasteiger partial charge in [0.25, 0.3) is 0 Å². The van der Waals surface area contributed by atoms with E-state index in [2.05, 4.69) is 0 Å². The zero-order valence-corrected chi connectivity index (χ0v) is 11.3. The van der Waals surface area contributed by atoms with Crippen molar-refractivity contribution in [1.29, 1.82) is 0 Å². The molecule has 19 heavy (non-hydrogen) atoms. The molecule has 1 aromatic rings. The number of aliphatic hydroxyl groups excluding tert-OH is 1. The predicted octanol–water partition coefficient (Wildman–Crippen LogP) is 3.30. The Hall–Kier alpha value is -1.07. The van der Waals surface area contributed by atoms with E-state index in [-0.39, 0.29) is 5.41 Å². The highest BCUT2D eigenvalue weighted by Gasteiger charge is 2.37. The third-order valence-corrected chi connectivity index (χ3v) is 3.06. The van der Waals surface area contributed by atoms with Crippen LogP contribution in [0, 0.1) is 0 Å². The van der Waals surface area contributed by atoms with Crippen molar-refractivity contribution in [2.75, 3.05) is 0 Å². The molecule has 0 heterocycles. The van der Waals surface area contributed by atoms with Crippen molar-refractivity contribution in [3.8, 4) is 0 Å². The fourth-order valence-corrected chi connectivity index (χ4v) is 1.72. The fraction of sp³-hybridized carbons (Fsp3) is 0.571. The molecule has 0 saturated heterocycles. The molecular formula is C14H20F3NO. The Morgan fingerprint density at radius 1 is 1.11 bits per heavy atom. The normalized spacial score (nSPS) is 16.2. The Morgan fingerprint density at radius 3 is 1.95 bits per heavy atom. The van der Waals surface area contributed by atoms with Crippen molar-refractivity contribution in [3.63, 3.8) is 0 Å². The SMILES string of the molecule is CC(C)(C)c1ccc([C@@H](O)C[C@H](N)C(F)(F)F)cc1. The second-order valence-electron chi connectivity index (χ2n) is 5.77. The maximum Gasteiger partial charge on any atom is 0.403 e. The van der Waals surface area contributed by atoms with Gasteiger partial charge >= 0.3 is 6.18 Å². The van der Waals surface area contributed by atoms with Gasteiger partial charge in [-0.05, 0) is 16.5 Å². The van der Waals surface area contributed by atoms with Gasteiger partial charge in [-0.25, -0.2) is 0 Å². The molecular weight excluding hydrogens is 255 g/mol. The molecule has 0 amide bonds. The monoisotopic (exact) mass is 275 g/mol. The average molecular weight is 275 g/mol. The Kier molecular flexibility index (Phi) is 4.63. The maximum atomic E-state index is 12.3. The van der Waals surface area contributed by atoms with E-state index in [1.54, 1.807) is 12.1 Å². The van der Waals surface area contributed by atoms with E-state index in [9.17, 15) is 18.3 Å². The Labute approximate surface area is 111 Å². The Bertz CT molecular complexity index is 406. The highest BCUT2D eigenvalue weighted by atomic mass is 19.4. The smallest absolute Gasteiger partial charge is 0.388 e. The Morgan fingerprint density at radius 2 is 1.58 bits per heavy atom. The van der Waals surface area contributed by atoms with E-state index in [4.69, 9.17) is 5.73 Å². The van der Waals surface area contributed by atoms with Crippen LogP contribution in [-0.2, 0) is 5.41 Å². The minimum Gasteiger partial charge on any atom is -0.388 e. The van der Waals surface area contributed by atoms with E-state index in [0.29, 0.717) is 5.56 Å². The third-order valence-electron chi connectivity index (χ3n) is 3.06. The molecule has 0 radical (unpaired) electrons. The third kappa shape index (κ3) is 4.51. The summed E-state index contributed by atoms with van der Waals surface area (Å²) in [4.78, 5) is 0. The summed E-state index contributed by atoms with van der Waals surface area (Å²) < 4.78 is 36.9. The molecule has 2 atom stereocenters. The number of halogens is 3. The molecule has 0 saturated carbocycles. The van der Waals surface area contributed by atoms with Gasteiger partial charge in [0, 0.05) is 6.42 Å². The van der Waals surface area contributed by atoms with Crippen LogP contribution in [0.15, 0.2) is 24.3 Å². The van der Waals surface area contributed by atoms with Crippen LogP contribution in [0.4, 0.5) is 13.2 Å². The van der Waals surface area contributed by atoms with Crippen LogP contribution in [0.2, 0.25) is 0 Å². The summed E-state index contributed by atoms with van der Waals surface area (Å²) in [5, 5.41) is 9.77. The van der Waals surface area contributed by atoms with Crippen LogP contribution in [0.3, 0.4) is 0 Å². The van der Waals surface area contributed by atoms with Crippen LogP contribution in [-0.4, -0.2) is 17.3 Å². The summed E-state index contributed by atoms with van der Waals surface area (Å²) in [5.41, 5.74) is 6.48. The topological polar surface area (TPSA) is 46.2 Å². The quantitative estimate of drug-likeness (QED) is 0.889. The molecule has 0 aliphatic carbocycles. The lowest BCUT2D eigenvalue weighted by Gasteiger charge is -2.21. The number of hydrogen-bond donors (Lipinski definition) is 2. The average Bonchev–Trinajstić information content (AvgIpc) is 2.26.